The van der Waals surface area contributed by atoms with E-state index in [1.54, 1.807) is 24.3 Å². The summed E-state index contributed by atoms with van der Waals surface area (Å²) in [5, 5.41) is 15.2. The predicted molar refractivity (Wildman–Crippen MR) is 56.3 cm³/mol. The summed E-state index contributed by atoms with van der Waals surface area (Å²) >= 11 is 5.69. The molecule has 5 heteroatoms. The van der Waals surface area contributed by atoms with Gasteiger partial charge in [0.25, 0.3) is 0 Å². The standard InChI is InChI=1S/C9H12ClN3O/c1-2-7-13(14)12-11-9-5-3-8(10)4-6-9/h3-6,11H,2,7H2,1H3/b13-12-. The van der Waals surface area contributed by atoms with Crippen molar-refractivity contribution in [2.24, 2.45) is 5.22 Å². The Bertz CT molecular complexity index is 310. The molecular weight excluding hydrogens is 202 g/mol. The Balaban J connectivity index is 2.53. The zero-order valence-corrected chi connectivity index (χ0v) is 8.66. The number of halogens is 1. The lowest BCUT2D eigenvalue weighted by Gasteiger charge is -2.02. The van der Waals surface area contributed by atoms with Crippen molar-refractivity contribution in [1.29, 1.82) is 0 Å². The van der Waals surface area contributed by atoms with E-state index in [0.717, 1.165) is 12.1 Å². The maximum atomic E-state index is 10.9. The van der Waals surface area contributed by atoms with Gasteiger partial charge < -0.3 is 5.21 Å². The smallest absolute Gasteiger partial charge is 0.146 e. The van der Waals surface area contributed by atoms with Gasteiger partial charge in [-0.1, -0.05) is 18.5 Å². The zero-order valence-electron chi connectivity index (χ0n) is 7.90. The number of hydrogen-bond donors (Lipinski definition) is 1. The van der Waals surface area contributed by atoms with E-state index in [1.165, 1.54) is 0 Å². The van der Waals surface area contributed by atoms with E-state index in [9.17, 15) is 5.21 Å². The van der Waals surface area contributed by atoms with Crippen LogP contribution in [0.15, 0.2) is 29.5 Å². The Morgan fingerprint density at radius 3 is 2.64 bits per heavy atom. The van der Waals surface area contributed by atoms with E-state index in [4.69, 9.17) is 11.6 Å². The van der Waals surface area contributed by atoms with E-state index < -0.39 is 0 Å². The fourth-order valence-electron chi connectivity index (χ4n) is 0.879. The first-order chi connectivity index (χ1) is 6.72. The summed E-state index contributed by atoms with van der Waals surface area (Å²) in [7, 11) is 0. The third-order valence-electron chi connectivity index (χ3n) is 1.55. The van der Waals surface area contributed by atoms with Crippen molar-refractivity contribution < 1.29 is 4.86 Å². The van der Waals surface area contributed by atoms with E-state index >= 15 is 0 Å². The molecule has 0 amide bonds. The molecule has 0 heterocycles. The summed E-state index contributed by atoms with van der Waals surface area (Å²) in [6, 6.07) is 6.97. The van der Waals surface area contributed by atoms with Crippen LogP contribution in [0.3, 0.4) is 0 Å². The number of anilines is 1. The van der Waals surface area contributed by atoms with Crippen molar-refractivity contribution in [2.75, 3.05) is 12.0 Å². The maximum Gasteiger partial charge on any atom is 0.146 e. The molecule has 1 N–H and O–H groups in total. The third-order valence-corrected chi connectivity index (χ3v) is 1.80. The Hall–Kier alpha value is -1.29. The molecule has 0 aliphatic carbocycles. The van der Waals surface area contributed by atoms with E-state index in [0.29, 0.717) is 16.4 Å². The van der Waals surface area contributed by atoms with Crippen molar-refractivity contribution in [3.05, 3.63) is 34.5 Å². The summed E-state index contributed by atoms with van der Waals surface area (Å²) in [6.45, 7) is 2.31. The van der Waals surface area contributed by atoms with Gasteiger partial charge in [-0.3, -0.25) is 0 Å². The van der Waals surface area contributed by atoms with Crippen molar-refractivity contribution in [3.8, 4) is 0 Å². The number of nitrogens with one attached hydrogen (secondary N) is 1. The highest BCUT2D eigenvalue weighted by Crippen LogP contribution is 2.13. The van der Waals surface area contributed by atoms with E-state index in [1.807, 2.05) is 6.92 Å². The Morgan fingerprint density at radius 1 is 1.43 bits per heavy atom. The molecule has 0 spiro atoms. The van der Waals surface area contributed by atoms with Crippen LogP contribution < -0.4 is 5.43 Å². The first-order valence-corrected chi connectivity index (χ1v) is 4.77. The molecule has 0 bridgehead atoms. The number of benzene rings is 1. The zero-order chi connectivity index (χ0) is 10.4. The van der Waals surface area contributed by atoms with Crippen LogP contribution in [0.1, 0.15) is 13.3 Å². The highest BCUT2D eigenvalue weighted by atomic mass is 35.5. The first-order valence-electron chi connectivity index (χ1n) is 4.39. The molecule has 76 valence electrons. The SMILES string of the molecule is CCC/[N+]([O-])=N/Nc1ccc(Cl)cc1. The summed E-state index contributed by atoms with van der Waals surface area (Å²) in [5.41, 5.74) is 3.38. The highest BCUT2D eigenvalue weighted by molar-refractivity contribution is 6.30. The molecule has 0 aliphatic rings. The normalized spacial score (nSPS) is 11.4. The van der Waals surface area contributed by atoms with Crippen molar-refractivity contribution >= 4 is 17.3 Å². The maximum absolute atomic E-state index is 10.9. The monoisotopic (exact) mass is 213 g/mol. The number of rotatable bonds is 4. The highest BCUT2D eigenvalue weighted by Gasteiger charge is 1.95. The molecule has 0 atom stereocenters. The topological polar surface area (TPSA) is 50.5 Å². The van der Waals surface area contributed by atoms with Crippen molar-refractivity contribution in [2.45, 2.75) is 13.3 Å². The minimum absolute atomic E-state index is 0.389. The summed E-state index contributed by atoms with van der Waals surface area (Å²) in [6.07, 6.45) is 0.773. The van der Waals surface area contributed by atoms with Crippen LogP contribution >= 0.6 is 11.6 Å². The van der Waals surface area contributed by atoms with E-state index in [2.05, 4.69) is 10.6 Å². The van der Waals surface area contributed by atoms with Gasteiger partial charge in [0.2, 0.25) is 0 Å². The van der Waals surface area contributed by atoms with Crippen LogP contribution in [0.5, 0.6) is 0 Å². The Morgan fingerprint density at radius 2 is 2.07 bits per heavy atom. The second-order valence-electron chi connectivity index (χ2n) is 2.79. The molecule has 14 heavy (non-hydrogen) atoms. The van der Waals surface area contributed by atoms with Gasteiger partial charge in [-0.15, -0.1) is 5.43 Å². The van der Waals surface area contributed by atoms with Gasteiger partial charge in [0.15, 0.2) is 0 Å². The average molecular weight is 214 g/mol. The van der Waals surface area contributed by atoms with Gasteiger partial charge in [-0.2, -0.15) is 4.86 Å². The summed E-state index contributed by atoms with van der Waals surface area (Å²) < 4.78 is 0. The fraction of sp³-hybridized carbons (Fsp3) is 0.333. The second kappa shape index (κ2) is 5.44. The molecule has 1 rings (SSSR count). The largest absolute Gasteiger partial charge is 0.696 e. The van der Waals surface area contributed by atoms with Crippen LogP contribution in [0, 0.1) is 5.21 Å². The lowest BCUT2D eigenvalue weighted by atomic mass is 10.3. The Labute approximate surface area is 87.8 Å². The average Bonchev–Trinajstić information content (AvgIpc) is 2.17. The molecule has 1 aromatic carbocycles. The van der Waals surface area contributed by atoms with Crippen LogP contribution in [-0.2, 0) is 0 Å². The molecule has 0 fully saturated rings. The lowest BCUT2D eigenvalue weighted by molar-refractivity contribution is -0.528. The van der Waals surface area contributed by atoms with Crippen LogP contribution in [0.2, 0.25) is 5.02 Å². The van der Waals surface area contributed by atoms with Gasteiger partial charge in [-0.25, -0.2) is 0 Å². The molecule has 0 aliphatic heterocycles. The minimum atomic E-state index is 0.389. The predicted octanol–water partition coefficient (Wildman–Crippen LogP) is 3.04. The fourth-order valence-corrected chi connectivity index (χ4v) is 1.01. The Kier molecular flexibility index (Phi) is 4.19. The lowest BCUT2D eigenvalue weighted by Crippen LogP contribution is -2.04. The third kappa shape index (κ3) is 3.62. The number of nitrogens with zero attached hydrogens (tertiary/aromatic N) is 2. The molecule has 4 nitrogen and oxygen atoms in total. The molecule has 0 radical (unpaired) electrons. The van der Waals surface area contributed by atoms with E-state index in [-0.39, 0.29) is 0 Å². The summed E-state index contributed by atoms with van der Waals surface area (Å²) in [5.74, 6) is 0. The summed E-state index contributed by atoms with van der Waals surface area (Å²) in [4.78, 5) is 0.620. The molecule has 0 saturated heterocycles. The molecule has 0 aromatic heterocycles. The van der Waals surface area contributed by atoms with Crippen LogP contribution in [-0.4, -0.2) is 11.4 Å². The molecule has 0 saturated carbocycles. The first kappa shape index (κ1) is 10.8. The van der Waals surface area contributed by atoms with Crippen LogP contribution in [0.25, 0.3) is 0 Å². The van der Waals surface area contributed by atoms with Gasteiger partial charge in [0.1, 0.15) is 12.2 Å². The van der Waals surface area contributed by atoms with Gasteiger partial charge in [0, 0.05) is 5.02 Å². The van der Waals surface area contributed by atoms with Gasteiger partial charge in [0.05, 0.1) is 5.22 Å². The van der Waals surface area contributed by atoms with Crippen molar-refractivity contribution in [1.82, 2.24) is 0 Å². The second-order valence-corrected chi connectivity index (χ2v) is 3.23. The molecule has 1 aromatic rings. The van der Waals surface area contributed by atoms with Gasteiger partial charge in [-0.05, 0) is 30.7 Å². The van der Waals surface area contributed by atoms with Crippen molar-refractivity contribution in [3.63, 3.8) is 0 Å². The molecular formula is C9H12ClN3O. The van der Waals surface area contributed by atoms with Gasteiger partial charge >= 0.3 is 0 Å². The minimum Gasteiger partial charge on any atom is -0.696 e. The quantitative estimate of drug-likeness (QED) is 0.475. The number of hydrogen-bond acceptors (Lipinski definition) is 2. The molecule has 0 unspecified atom stereocenters. The van der Waals surface area contributed by atoms with Crippen LogP contribution in [0.4, 0.5) is 5.69 Å². The number of hydroxylamine groups is 1.